The lowest BCUT2D eigenvalue weighted by atomic mass is 10.1. The van der Waals surface area contributed by atoms with E-state index in [2.05, 4.69) is 15.4 Å². The maximum Gasteiger partial charge on any atom is 0.264 e. The quantitative estimate of drug-likeness (QED) is 0.514. The Kier molecular flexibility index (Phi) is 5.35. The zero-order chi connectivity index (χ0) is 20.2. The van der Waals surface area contributed by atoms with Crippen LogP contribution in [0.5, 0.6) is 5.75 Å². The van der Waals surface area contributed by atoms with Gasteiger partial charge in [-0.1, -0.05) is 18.2 Å². The predicted octanol–water partition coefficient (Wildman–Crippen LogP) is 4.37. The second-order valence-corrected chi connectivity index (χ2v) is 7.12. The highest BCUT2D eigenvalue weighted by atomic mass is 32.1. The molecular weight excluding hydrogens is 391 g/mol. The fourth-order valence-electron chi connectivity index (χ4n) is 2.77. The molecule has 2 aromatic heterocycles. The number of hydrogen-bond donors (Lipinski definition) is 1. The van der Waals surface area contributed by atoms with Crippen LogP contribution in [0, 0.1) is 5.82 Å². The van der Waals surface area contributed by atoms with Crippen LogP contribution in [0.4, 0.5) is 9.52 Å². The summed E-state index contributed by atoms with van der Waals surface area (Å²) in [7, 11) is 1.81. The molecule has 0 aliphatic rings. The average Bonchev–Trinajstić information content (AvgIpc) is 3.34. The molecule has 0 fully saturated rings. The van der Waals surface area contributed by atoms with Crippen LogP contribution in [0.1, 0.15) is 0 Å². The lowest BCUT2D eigenvalue weighted by molar-refractivity contribution is -0.118. The van der Waals surface area contributed by atoms with E-state index < -0.39 is 0 Å². The maximum absolute atomic E-state index is 13.2. The minimum Gasteiger partial charge on any atom is -0.484 e. The van der Waals surface area contributed by atoms with Gasteiger partial charge >= 0.3 is 0 Å². The lowest BCUT2D eigenvalue weighted by Crippen LogP contribution is -2.20. The van der Waals surface area contributed by atoms with Crippen LogP contribution in [-0.4, -0.2) is 27.3 Å². The van der Waals surface area contributed by atoms with Crippen LogP contribution < -0.4 is 10.1 Å². The Morgan fingerprint density at radius 1 is 1.17 bits per heavy atom. The SMILES string of the molecule is Cn1cc(-c2csc(NC(=O)COc3ccccc3)n2)c(-c2ccc(F)cc2)n1. The summed E-state index contributed by atoms with van der Waals surface area (Å²) >= 11 is 1.31. The first kappa shape index (κ1) is 18.8. The number of amides is 1. The van der Waals surface area contributed by atoms with Crippen LogP contribution in [0.2, 0.25) is 0 Å². The highest BCUT2D eigenvalue weighted by Crippen LogP contribution is 2.32. The van der Waals surface area contributed by atoms with Crippen molar-refractivity contribution in [1.82, 2.24) is 14.8 Å². The second-order valence-electron chi connectivity index (χ2n) is 6.26. The van der Waals surface area contributed by atoms with Crippen molar-refractivity contribution in [3.05, 3.63) is 72.0 Å². The van der Waals surface area contributed by atoms with Crippen molar-refractivity contribution in [3.63, 3.8) is 0 Å². The van der Waals surface area contributed by atoms with Crippen LogP contribution in [0.15, 0.2) is 66.2 Å². The number of ether oxygens (including phenoxy) is 1. The Bertz CT molecular complexity index is 1120. The molecule has 2 heterocycles. The molecule has 29 heavy (non-hydrogen) atoms. The van der Waals surface area contributed by atoms with Crippen molar-refractivity contribution in [1.29, 1.82) is 0 Å². The number of halogens is 1. The first-order chi connectivity index (χ1) is 14.1. The third kappa shape index (κ3) is 4.49. The van der Waals surface area contributed by atoms with Crippen LogP contribution in [-0.2, 0) is 11.8 Å². The zero-order valence-corrected chi connectivity index (χ0v) is 16.3. The lowest BCUT2D eigenvalue weighted by Gasteiger charge is -2.05. The number of carbonyl (C=O) groups excluding carboxylic acids is 1. The van der Waals surface area contributed by atoms with E-state index in [9.17, 15) is 9.18 Å². The van der Waals surface area contributed by atoms with Crippen molar-refractivity contribution < 1.29 is 13.9 Å². The van der Waals surface area contributed by atoms with E-state index in [1.54, 1.807) is 28.9 Å². The summed E-state index contributed by atoms with van der Waals surface area (Å²) in [5, 5.41) is 9.53. The van der Waals surface area contributed by atoms with E-state index in [0.717, 1.165) is 11.1 Å². The van der Waals surface area contributed by atoms with Gasteiger partial charge in [0.05, 0.1) is 5.69 Å². The molecule has 0 atom stereocenters. The Morgan fingerprint density at radius 2 is 1.93 bits per heavy atom. The van der Waals surface area contributed by atoms with Gasteiger partial charge in [-0.2, -0.15) is 5.10 Å². The van der Waals surface area contributed by atoms with Crippen molar-refractivity contribution in [2.45, 2.75) is 0 Å². The van der Waals surface area contributed by atoms with Gasteiger partial charge in [0, 0.05) is 29.8 Å². The van der Waals surface area contributed by atoms with Gasteiger partial charge in [-0.3, -0.25) is 14.8 Å². The minimum atomic E-state index is -0.303. The molecular formula is C21H17FN4O2S. The molecule has 2 aromatic carbocycles. The molecule has 0 saturated carbocycles. The Morgan fingerprint density at radius 3 is 2.69 bits per heavy atom. The zero-order valence-electron chi connectivity index (χ0n) is 15.5. The van der Waals surface area contributed by atoms with Crippen molar-refractivity contribution in [2.24, 2.45) is 7.05 Å². The Hall–Kier alpha value is -3.52. The summed E-state index contributed by atoms with van der Waals surface area (Å²) in [4.78, 5) is 16.6. The summed E-state index contributed by atoms with van der Waals surface area (Å²) in [5.41, 5.74) is 2.97. The fourth-order valence-corrected chi connectivity index (χ4v) is 3.50. The molecule has 4 aromatic rings. The van der Waals surface area contributed by atoms with Crippen LogP contribution in [0.3, 0.4) is 0 Å². The number of aromatic nitrogens is 3. The highest BCUT2D eigenvalue weighted by molar-refractivity contribution is 7.14. The molecule has 0 aliphatic heterocycles. The summed E-state index contributed by atoms with van der Waals surface area (Å²) in [5.74, 6) is 0.0316. The number of hydrogen-bond acceptors (Lipinski definition) is 5. The van der Waals surface area contributed by atoms with Gasteiger partial charge in [0.25, 0.3) is 5.91 Å². The minimum absolute atomic E-state index is 0.105. The molecule has 0 unspecified atom stereocenters. The van der Waals surface area contributed by atoms with Gasteiger partial charge in [-0.25, -0.2) is 9.37 Å². The van der Waals surface area contributed by atoms with E-state index in [4.69, 9.17) is 4.74 Å². The standard InChI is InChI=1S/C21H17FN4O2S/c1-26-11-17(20(25-26)14-7-9-15(22)10-8-14)18-13-29-21(23-18)24-19(27)12-28-16-5-3-2-4-6-16/h2-11,13H,12H2,1H3,(H,23,24,27). The van der Waals surface area contributed by atoms with Gasteiger partial charge in [-0.15, -0.1) is 11.3 Å². The number of thiazole rings is 1. The molecule has 0 radical (unpaired) electrons. The van der Waals surface area contributed by atoms with Crippen molar-refractivity contribution in [2.75, 3.05) is 11.9 Å². The predicted molar refractivity (Wildman–Crippen MR) is 110 cm³/mol. The number of anilines is 1. The Labute approximate surface area is 170 Å². The molecule has 8 heteroatoms. The Balaban J connectivity index is 1.48. The van der Waals surface area contributed by atoms with E-state index in [1.165, 1.54) is 23.5 Å². The normalized spacial score (nSPS) is 10.7. The molecule has 146 valence electrons. The summed E-state index contributed by atoms with van der Waals surface area (Å²) in [6.07, 6.45) is 1.85. The molecule has 0 aliphatic carbocycles. The number of nitrogens with one attached hydrogen (secondary N) is 1. The summed E-state index contributed by atoms with van der Waals surface area (Å²) < 4.78 is 20.4. The van der Waals surface area contributed by atoms with Gasteiger partial charge in [-0.05, 0) is 36.4 Å². The smallest absolute Gasteiger partial charge is 0.264 e. The number of aryl methyl sites for hydroxylation is 1. The monoisotopic (exact) mass is 408 g/mol. The van der Waals surface area contributed by atoms with E-state index in [1.807, 2.05) is 36.8 Å². The molecule has 4 rings (SSSR count). The summed E-state index contributed by atoms with van der Waals surface area (Å²) in [6.45, 7) is -0.105. The largest absolute Gasteiger partial charge is 0.484 e. The van der Waals surface area contributed by atoms with Gasteiger partial charge in [0.15, 0.2) is 11.7 Å². The van der Waals surface area contributed by atoms with E-state index in [0.29, 0.717) is 22.3 Å². The van der Waals surface area contributed by atoms with E-state index >= 15 is 0 Å². The van der Waals surface area contributed by atoms with Gasteiger partial charge in [0.2, 0.25) is 0 Å². The first-order valence-corrected chi connectivity index (χ1v) is 9.69. The number of para-hydroxylation sites is 1. The first-order valence-electron chi connectivity index (χ1n) is 8.81. The maximum atomic E-state index is 13.2. The molecule has 0 spiro atoms. The van der Waals surface area contributed by atoms with Gasteiger partial charge < -0.3 is 4.74 Å². The molecule has 6 nitrogen and oxygen atoms in total. The molecule has 1 amide bonds. The number of nitrogens with zero attached hydrogens (tertiary/aromatic N) is 3. The average molecular weight is 408 g/mol. The molecule has 0 saturated heterocycles. The second kappa shape index (κ2) is 8.24. The van der Waals surface area contributed by atoms with Crippen molar-refractivity contribution in [3.8, 4) is 28.3 Å². The fraction of sp³-hybridized carbons (Fsp3) is 0.0952. The van der Waals surface area contributed by atoms with E-state index in [-0.39, 0.29) is 18.3 Å². The van der Waals surface area contributed by atoms with Gasteiger partial charge in [0.1, 0.15) is 17.3 Å². The third-order valence-corrected chi connectivity index (χ3v) is 4.84. The number of rotatable bonds is 6. The van der Waals surface area contributed by atoms with Crippen LogP contribution in [0.25, 0.3) is 22.5 Å². The highest BCUT2D eigenvalue weighted by Gasteiger charge is 2.16. The third-order valence-electron chi connectivity index (χ3n) is 4.09. The molecule has 0 bridgehead atoms. The van der Waals surface area contributed by atoms with Crippen LogP contribution >= 0.6 is 11.3 Å². The molecule has 1 N–H and O–H groups in total. The number of benzene rings is 2. The van der Waals surface area contributed by atoms with Crippen molar-refractivity contribution >= 4 is 22.4 Å². The summed E-state index contributed by atoms with van der Waals surface area (Å²) in [6, 6.07) is 15.3. The number of carbonyl (C=O) groups is 1. The topological polar surface area (TPSA) is 69.0 Å².